The van der Waals surface area contributed by atoms with Gasteiger partial charge in [-0.25, -0.2) is 5.26 Å². The first kappa shape index (κ1) is 13.1. The van der Waals surface area contributed by atoms with Crippen molar-refractivity contribution in [1.82, 2.24) is 4.90 Å². The van der Waals surface area contributed by atoms with E-state index in [0.29, 0.717) is 0 Å². The molecule has 0 rings (SSSR count). The van der Waals surface area contributed by atoms with E-state index >= 15 is 0 Å². The lowest BCUT2D eigenvalue weighted by atomic mass is 10.9. The fraction of sp³-hybridized carbons (Fsp3) is 0.667. The fourth-order valence-corrected chi connectivity index (χ4v) is 0.400. The highest BCUT2D eigenvalue weighted by Gasteiger charge is 2.03. The van der Waals surface area contributed by atoms with Crippen LogP contribution in [0, 0.1) is 10.7 Å². The molecule has 0 aromatic heterocycles. The summed E-state index contributed by atoms with van der Waals surface area (Å²) in [7, 11) is 7.62. The first-order valence-corrected chi connectivity index (χ1v) is 3.64. The van der Waals surface area contributed by atoms with Crippen LogP contribution in [-0.2, 0) is 12.6 Å². The average Bonchev–Trinajstić information content (AvgIpc) is 1.87. The maximum atomic E-state index is 7.13. The van der Waals surface area contributed by atoms with Crippen LogP contribution in [0.5, 0.6) is 0 Å². The Labute approximate surface area is 78.3 Å². The van der Waals surface area contributed by atoms with E-state index in [4.69, 9.17) is 16.9 Å². The van der Waals surface area contributed by atoms with Gasteiger partial charge in [-0.05, 0) is 0 Å². The quantitative estimate of drug-likeness (QED) is 0.140. The van der Waals surface area contributed by atoms with Crippen molar-refractivity contribution in [2.45, 2.75) is 0 Å². The Kier molecular flexibility index (Phi) is 9.01. The number of hydrogen-bond acceptors (Lipinski definition) is 2. The summed E-state index contributed by atoms with van der Waals surface area (Å²) < 4.78 is 1.85. The molecule has 0 aliphatic carbocycles. The van der Waals surface area contributed by atoms with E-state index in [2.05, 4.69) is 12.6 Å². The average molecular weight is 194 g/mol. The van der Waals surface area contributed by atoms with Crippen molar-refractivity contribution in [2.75, 3.05) is 28.2 Å². The summed E-state index contributed by atoms with van der Waals surface area (Å²) in [5.41, 5.74) is 0. The van der Waals surface area contributed by atoms with Crippen LogP contribution in [0.4, 0.5) is 0 Å². The molecule has 0 unspecified atom stereocenters. The molecular formula is C6H12ClN3S. The minimum atomic E-state index is 0.741. The second-order valence-corrected chi connectivity index (χ2v) is 2.67. The van der Waals surface area contributed by atoms with Gasteiger partial charge in [-0.1, -0.05) is 5.40 Å². The number of rotatable bonds is 0. The van der Waals surface area contributed by atoms with Crippen LogP contribution < -0.4 is 0 Å². The molecule has 0 bridgehead atoms. The van der Waals surface area contributed by atoms with E-state index in [1.165, 1.54) is 5.40 Å². The lowest BCUT2D eigenvalue weighted by Crippen LogP contribution is -2.24. The van der Waals surface area contributed by atoms with E-state index in [0.717, 1.165) is 5.29 Å². The lowest BCUT2D eigenvalue weighted by molar-refractivity contribution is -0.466. The molecule has 0 fully saturated rings. The highest BCUT2D eigenvalue weighted by molar-refractivity contribution is 7.64. The Balaban J connectivity index is 0. The van der Waals surface area contributed by atoms with Crippen LogP contribution in [0.2, 0.25) is 0 Å². The van der Waals surface area contributed by atoms with Crippen molar-refractivity contribution >= 4 is 29.5 Å². The van der Waals surface area contributed by atoms with Crippen molar-refractivity contribution in [3.05, 3.63) is 0 Å². The largest absolute Gasteiger partial charge is 0.696 e. The second kappa shape index (κ2) is 7.58. The minimum Gasteiger partial charge on any atom is -0.696 e. The summed E-state index contributed by atoms with van der Waals surface area (Å²) >= 11 is 9.42. The molecule has 0 aromatic rings. The molecule has 0 aliphatic rings. The zero-order valence-electron chi connectivity index (χ0n) is 7.13. The molecule has 5 heteroatoms. The van der Waals surface area contributed by atoms with Crippen LogP contribution >= 0.6 is 11.6 Å². The number of nitriles is 1. The number of halogens is 1. The summed E-state index contributed by atoms with van der Waals surface area (Å²) in [6.07, 6.45) is 0. The maximum absolute atomic E-state index is 7.13. The van der Waals surface area contributed by atoms with Gasteiger partial charge in [-0.2, -0.15) is 0 Å². The van der Waals surface area contributed by atoms with Gasteiger partial charge in [0.1, 0.15) is 0 Å². The molecule has 0 saturated carbocycles. The van der Waals surface area contributed by atoms with Crippen LogP contribution in [0.3, 0.4) is 0 Å². The third-order valence-corrected chi connectivity index (χ3v) is 1.41. The molecule has 0 amide bonds. The topological polar surface area (TPSA) is 30.0 Å². The third-order valence-electron chi connectivity index (χ3n) is 0.738. The minimum absolute atomic E-state index is 0.741. The second-order valence-electron chi connectivity index (χ2n) is 2.15. The number of nitrogens with zero attached hydrogens (tertiary/aromatic N) is 3. The van der Waals surface area contributed by atoms with Gasteiger partial charge < -0.3 is 12.6 Å². The van der Waals surface area contributed by atoms with Gasteiger partial charge in [0.15, 0.2) is 0 Å². The van der Waals surface area contributed by atoms with Gasteiger partial charge in [0.25, 0.3) is 0 Å². The molecule has 0 N–H and O–H groups in total. The van der Waals surface area contributed by atoms with Gasteiger partial charge in [-0.15, -0.1) is 0 Å². The predicted octanol–water partition coefficient (Wildman–Crippen LogP) is 0.429. The maximum Gasteiger partial charge on any atom is 0.344 e. The van der Waals surface area contributed by atoms with Crippen molar-refractivity contribution in [3.8, 4) is 5.40 Å². The summed E-state index contributed by atoms with van der Waals surface area (Å²) in [6.45, 7) is 0. The predicted molar refractivity (Wildman–Crippen MR) is 49.6 cm³/mol. The van der Waals surface area contributed by atoms with Crippen molar-refractivity contribution in [1.29, 1.82) is 5.26 Å². The normalized spacial score (nSPS) is 6.91. The molecule has 0 heterocycles. The summed E-state index contributed by atoms with van der Waals surface area (Å²) in [5.74, 6) is 0. The van der Waals surface area contributed by atoms with Crippen molar-refractivity contribution < 1.29 is 4.58 Å². The summed E-state index contributed by atoms with van der Waals surface area (Å²) in [5, 5.41) is 9.21. The molecular weight excluding hydrogens is 182 g/mol. The van der Waals surface area contributed by atoms with E-state index in [1.54, 1.807) is 0 Å². The van der Waals surface area contributed by atoms with Crippen molar-refractivity contribution in [2.24, 2.45) is 0 Å². The van der Waals surface area contributed by atoms with Crippen LogP contribution in [0.15, 0.2) is 0 Å². The Bertz CT molecular complexity index is 167. The molecule has 3 nitrogen and oxygen atoms in total. The van der Waals surface area contributed by atoms with Gasteiger partial charge in [0, 0.05) is 11.6 Å². The van der Waals surface area contributed by atoms with Gasteiger partial charge in [-0.3, -0.25) is 9.48 Å². The standard InChI is InChI=1S/C5H12ClN2.CHNS/c1-7(2)5(6)8(3)4;2-1-3/h1-4H3;3H/q+1;/p-1. The van der Waals surface area contributed by atoms with E-state index < -0.39 is 0 Å². The zero-order valence-corrected chi connectivity index (χ0v) is 8.70. The van der Waals surface area contributed by atoms with Crippen LogP contribution in [-0.4, -0.2) is 43.0 Å². The highest BCUT2D eigenvalue weighted by Crippen LogP contribution is 1.85. The monoisotopic (exact) mass is 193 g/mol. The molecule has 64 valence electrons. The first-order chi connectivity index (χ1) is 4.97. The van der Waals surface area contributed by atoms with Gasteiger partial charge >= 0.3 is 5.29 Å². The fourth-order valence-electron chi connectivity index (χ4n) is 0.400. The van der Waals surface area contributed by atoms with E-state index in [-0.39, 0.29) is 0 Å². The number of thiocyanates is 1. The lowest BCUT2D eigenvalue weighted by Gasteiger charge is -2.02. The van der Waals surface area contributed by atoms with Gasteiger partial charge in [0.2, 0.25) is 0 Å². The molecule has 0 atom stereocenters. The molecule has 0 saturated heterocycles. The first-order valence-electron chi connectivity index (χ1n) is 2.85. The van der Waals surface area contributed by atoms with Gasteiger partial charge in [0.05, 0.1) is 28.2 Å². The Morgan fingerprint density at radius 3 is 1.82 bits per heavy atom. The highest BCUT2D eigenvalue weighted by atomic mass is 35.5. The summed E-state index contributed by atoms with van der Waals surface area (Å²) in [4.78, 5) is 1.85. The molecule has 0 aromatic carbocycles. The van der Waals surface area contributed by atoms with Crippen LogP contribution in [0.1, 0.15) is 0 Å². The zero-order chi connectivity index (χ0) is 9.44. The smallest absolute Gasteiger partial charge is 0.344 e. The Hall–Kier alpha value is -0.530. The third kappa shape index (κ3) is 9.47. The molecule has 0 radical (unpaired) electrons. The molecule has 0 aliphatic heterocycles. The summed E-state index contributed by atoms with van der Waals surface area (Å²) in [6, 6.07) is 0. The SMILES string of the molecule is CN(C)C(Cl)=[N+](C)C.N#C[S-]. The van der Waals surface area contributed by atoms with E-state index in [1.807, 2.05) is 37.7 Å². The number of amidine groups is 1. The number of hydrogen-bond donors (Lipinski definition) is 0. The van der Waals surface area contributed by atoms with Crippen LogP contribution in [0.25, 0.3) is 0 Å². The Morgan fingerprint density at radius 2 is 1.82 bits per heavy atom. The Morgan fingerprint density at radius 1 is 1.55 bits per heavy atom. The van der Waals surface area contributed by atoms with Crippen molar-refractivity contribution in [3.63, 3.8) is 0 Å². The van der Waals surface area contributed by atoms with E-state index in [9.17, 15) is 0 Å². The molecule has 0 spiro atoms. The molecule has 11 heavy (non-hydrogen) atoms.